The van der Waals surface area contributed by atoms with Gasteiger partial charge in [0, 0.05) is 28.9 Å². The zero-order chi connectivity index (χ0) is 15.5. The normalized spacial score (nSPS) is 18.2. The van der Waals surface area contributed by atoms with Crippen LogP contribution in [0.3, 0.4) is 0 Å². The Morgan fingerprint density at radius 1 is 1.22 bits per heavy atom. The van der Waals surface area contributed by atoms with Crippen LogP contribution in [-0.4, -0.2) is 40.7 Å². The molecule has 3 heterocycles. The zero-order valence-electron chi connectivity index (χ0n) is 12.6. The Bertz CT molecular complexity index is 764. The highest BCUT2D eigenvalue weighted by molar-refractivity contribution is 7.13. The summed E-state index contributed by atoms with van der Waals surface area (Å²) in [5.74, 6) is 0. The van der Waals surface area contributed by atoms with Gasteiger partial charge < -0.3 is 9.47 Å². The third kappa shape index (κ3) is 3.34. The summed E-state index contributed by atoms with van der Waals surface area (Å²) in [7, 11) is 0. The van der Waals surface area contributed by atoms with Crippen molar-refractivity contribution < 1.29 is 9.47 Å². The number of thiazole rings is 1. The SMILES string of the molecule is c1cc(-c2ccn(C[C@@H]3COCCO3)n2)cc(-c2nccs2)c1. The summed E-state index contributed by atoms with van der Waals surface area (Å²) in [5, 5.41) is 7.68. The summed E-state index contributed by atoms with van der Waals surface area (Å²) >= 11 is 1.64. The van der Waals surface area contributed by atoms with E-state index in [2.05, 4.69) is 28.3 Å². The van der Waals surface area contributed by atoms with Crippen molar-refractivity contribution in [3.05, 3.63) is 48.1 Å². The minimum atomic E-state index is 0.0816. The van der Waals surface area contributed by atoms with Gasteiger partial charge in [0.15, 0.2) is 0 Å². The first-order valence-corrected chi connectivity index (χ1v) is 8.49. The van der Waals surface area contributed by atoms with Gasteiger partial charge in [-0.15, -0.1) is 11.3 Å². The van der Waals surface area contributed by atoms with Crippen LogP contribution in [0, 0.1) is 0 Å². The second-order valence-electron chi connectivity index (χ2n) is 5.41. The quantitative estimate of drug-likeness (QED) is 0.739. The van der Waals surface area contributed by atoms with Crippen LogP contribution in [0.4, 0.5) is 0 Å². The van der Waals surface area contributed by atoms with Gasteiger partial charge in [0.05, 0.1) is 32.1 Å². The van der Waals surface area contributed by atoms with E-state index < -0.39 is 0 Å². The van der Waals surface area contributed by atoms with E-state index in [0.29, 0.717) is 26.4 Å². The lowest BCUT2D eigenvalue weighted by Crippen LogP contribution is -2.32. The Morgan fingerprint density at radius 3 is 3.00 bits per heavy atom. The molecule has 4 rings (SSSR count). The predicted octanol–water partition coefficient (Wildman–Crippen LogP) is 3.09. The maximum atomic E-state index is 5.67. The maximum absolute atomic E-state index is 5.67. The van der Waals surface area contributed by atoms with E-state index in [-0.39, 0.29) is 6.10 Å². The van der Waals surface area contributed by atoms with Crippen LogP contribution in [0.15, 0.2) is 48.1 Å². The Morgan fingerprint density at radius 2 is 2.17 bits per heavy atom. The third-order valence-electron chi connectivity index (χ3n) is 3.75. The van der Waals surface area contributed by atoms with Crippen LogP contribution >= 0.6 is 11.3 Å². The number of nitrogens with zero attached hydrogens (tertiary/aromatic N) is 3. The molecular weight excluding hydrogens is 310 g/mol. The van der Waals surface area contributed by atoms with E-state index in [1.165, 1.54) is 0 Å². The van der Waals surface area contributed by atoms with Crippen molar-refractivity contribution >= 4 is 11.3 Å². The maximum Gasteiger partial charge on any atom is 0.123 e. The second-order valence-corrected chi connectivity index (χ2v) is 6.30. The van der Waals surface area contributed by atoms with Crippen LogP contribution in [0.5, 0.6) is 0 Å². The fraction of sp³-hybridized carbons (Fsp3) is 0.294. The Labute approximate surface area is 138 Å². The van der Waals surface area contributed by atoms with Gasteiger partial charge in [-0.3, -0.25) is 4.68 Å². The van der Waals surface area contributed by atoms with Crippen molar-refractivity contribution in [3.63, 3.8) is 0 Å². The van der Waals surface area contributed by atoms with Crippen molar-refractivity contribution in [2.75, 3.05) is 19.8 Å². The number of ether oxygens (including phenoxy) is 2. The summed E-state index contributed by atoms with van der Waals surface area (Å²) in [4.78, 5) is 4.37. The first-order valence-electron chi connectivity index (χ1n) is 7.61. The van der Waals surface area contributed by atoms with E-state index in [9.17, 15) is 0 Å². The van der Waals surface area contributed by atoms with Gasteiger partial charge in [-0.05, 0) is 12.1 Å². The molecule has 23 heavy (non-hydrogen) atoms. The molecule has 0 amide bonds. The summed E-state index contributed by atoms with van der Waals surface area (Å²) in [5.41, 5.74) is 3.17. The molecule has 5 nitrogen and oxygen atoms in total. The van der Waals surface area contributed by atoms with Gasteiger partial charge in [-0.1, -0.05) is 18.2 Å². The van der Waals surface area contributed by atoms with Crippen molar-refractivity contribution in [1.82, 2.24) is 14.8 Å². The minimum Gasteiger partial charge on any atom is -0.376 e. The molecular formula is C17H17N3O2S. The molecule has 6 heteroatoms. The fourth-order valence-electron chi connectivity index (χ4n) is 2.65. The standard InChI is InChI=1S/C17H17N3O2S/c1-2-13(10-14(3-1)17-18-5-9-23-17)16-4-6-20(19-16)11-15-12-21-7-8-22-15/h1-6,9-10,15H,7-8,11-12H2/t15-/m1/s1. The number of hydrogen-bond acceptors (Lipinski definition) is 5. The Hall–Kier alpha value is -2.02. The fourth-order valence-corrected chi connectivity index (χ4v) is 3.28. The van der Waals surface area contributed by atoms with E-state index in [1.54, 1.807) is 11.3 Å². The molecule has 1 aliphatic rings. The first-order chi connectivity index (χ1) is 11.4. The molecule has 1 aromatic carbocycles. The molecule has 2 aromatic heterocycles. The molecule has 1 fully saturated rings. The van der Waals surface area contributed by atoms with Gasteiger partial charge in [-0.25, -0.2) is 4.98 Å². The topological polar surface area (TPSA) is 49.2 Å². The van der Waals surface area contributed by atoms with Crippen molar-refractivity contribution in [1.29, 1.82) is 0 Å². The molecule has 0 N–H and O–H groups in total. The molecule has 0 bridgehead atoms. The smallest absolute Gasteiger partial charge is 0.123 e. The van der Waals surface area contributed by atoms with Crippen LogP contribution in [-0.2, 0) is 16.0 Å². The van der Waals surface area contributed by atoms with Crippen LogP contribution < -0.4 is 0 Å². The average Bonchev–Trinajstić information content (AvgIpc) is 3.28. The summed E-state index contributed by atoms with van der Waals surface area (Å²) in [6.07, 6.45) is 3.90. The predicted molar refractivity (Wildman–Crippen MR) is 89.3 cm³/mol. The van der Waals surface area contributed by atoms with Gasteiger partial charge in [0.2, 0.25) is 0 Å². The molecule has 1 atom stereocenters. The van der Waals surface area contributed by atoms with Gasteiger partial charge in [-0.2, -0.15) is 5.10 Å². The lowest BCUT2D eigenvalue weighted by atomic mass is 10.1. The number of benzene rings is 1. The molecule has 1 saturated heterocycles. The van der Waals surface area contributed by atoms with Crippen LogP contribution in [0.2, 0.25) is 0 Å². The van der Waals surface area contributed by atoms with Gasteiger partial charge >= 0.3 is 0 Å². The number of rotatable bonds is 4. The highest BCUT2D eigenvalue weighted by atomic mass is 32.1. The van der Waals surface area contributed by atoms with Crippen LogP contribution in [0.1, 0.15) is 0 Å². The van der Waals surface area contributed by atoms with Gasteiger partial charge in [0.1, 0.15) is 11.1 Å². The molecule has 0 unspecified atom stereocenters. The van der Waals surface area contributed by atoms with E-state index >= 15 is 0 Å². The molecule has 0 aliphatic carbocycles. The van der Waals surface area contributed by atoms with E-state index in [1.807, 2.05) is 34.6 Å². The summed E-state index contributed by atoms with van der Waals surface area (Å²) in [6, 6.07) is 10.4. The molecule has 0 radical (unpaired) electrons. The molecule has 1 aliphatic heterocycles. The summed E-state index contributed by atoms with van der Waals surface area (Å²) < 4.78 is 13.0. The van der Waals surface area contributed by atoms with Crippen molar-refractivity contribution in [2.45, 2.75) is 12.6 Å². The lowest BCUT2D eigenvalue weighted by molar-refractivity contribution is -0.0946. The molecule has 0 spiro atoms. The number of aromatic nitrogens is 3. The van der Waals surface area contributed by atoms with Gasteiger partial charge in [0.25, 0.3) is 0 Å². The molecule has 0 saturated carbocycles. The first kappa shape index (κ1) is 14.6. The molecule has 118 valence electrons. The Kier molecular flexibility index (Phi) is 4.19. The largest absolute Gasteiger partial charge is 0.376 e. The minimum absolute atomic E-state index is 0.0816. The highest BCUT2D eigenvalue weighted by Crippen LogP contribution is 2.26. The van der Waals surface area contributed by atoms with Crippen LogP contribution in [0.25, 0.3) is 21.8 Å². The Balaban J connectivity index is 1.53. The highest BCUT2D eigenvalue weighted by Gasteiger charge is 2.15. The second kappa shape index (κ2) is 6.62. The lowest BCUT2D eigenvalue weighted by Gasteiger charge is -2.22. The van der Waals surface area contributed by atoms with E-state index in [4.69, 9.17) is 9.47 Å². The molecule has 3 aromatic rings. The van der Waals surface area contributed by atoms with Crippen molar-refractivity contribution in [3.8, 4) is 21.8 Å². The van der Waals surface area contributed by atoms with Crippen molar-refractivity contribution in [2.24, 2.45) is 0 Å². The third-order valence-corrected chi connectivity index (χ3v) is 4.58. The number of hydrogen-bond donors (Lipinski definition) is 0. The average molecular weight is 327 g/mol. The summed E-state index contributed by atoms with van der Waals surface area (Å²) in [6.45, 7) is 2.69. The van der Waals surface area contributed by atoms with E-state index in [0.717, 1.165) is 21.8 Å². The monoisotopic (exact) mass is 327 g/mol. The zero-order valence-corrected chi connectivity index (χ0v) is 13.4.